The minimum absolute atomic E-state index is 0.0424. The van der Waals surface area contributed by atoms with Crippen LogP contribution in [-0.2, 0) is 13.2 Å². The van der Waals surface area contributed by atoms with Crippen molar-refractivity contribution in [3.63, 3.8) is 0 Å². The molecule has 1 saturated heterocycles. The van der Waals surface area contributed by atoms with Crippen molar-refractivity contribution in [2.45, 2.75) is 13.1 Å². The van der Waals surface area contributed by atoms with Crippen LogP contribution in [-0.4, -0.2) is 56.7 Å². The van der Waals surface area contributed by atoms with Gasteiger partial charge in [0, 0.05) is 45.1 Å². The third-order valence-electron chi connectivity index (χ3n) is 3.93. The molecule has 3 rings (SSSR count). The van der Waals surface area contributed by atoms with Gasteiger partial charge in [-0.15, -0.1) is 0 Å². The summed E-state index contributed by atoms with van der Waals surface area (Å²) in [4.78, 5) is 23.4. The number of piperazine rings is 1. The first-order chi connectivity index (χ1) is 11.7. The van der Waals surface area contributed by atoms with Gasteiger partial charge in [-0.2, -0.15) is 18.3 Å². The van der Waals surface area contributed by atoms with E-state index in [-0.39, 0.29) is 17.5 Å². The van der Waals surface area contributed by atoms with Gasteiger partial charge in [0.1, 0.15) is 5.69 Å². The van der Waals surface area contributed by atoms with Crippen LogP contribution < -0.4 is 4.90 Å². The van der Waals surface area contributed by atoms with Crippen molar-refractivity contribution in [2.24, 2.45) is 7.05 Å². The lowest BCUT2D eigenvalue weighted by molar-refractivity contribution is -0.141. The highest BCUT2D eigenvalue weighted by Crippen LogP contribution is 2.29. The van der Waals surface area contributed by atoms with Crippen LogP contribution in [0.4, 0.5) is 19.1 Å². The first-order valence-corrected chi connectivity index (χ1v) is 7.70. The second-order valence-corrected chi connectivity index (χ2v) is 5.87. The fraction of sp³-hybridized carbons (Fsp3) is 0.467. The molecule has 1 aliphatic rings. The number of carbonyl (C=O) groups is 1. The Hall–Kier alpha value is -2.65. The summed E-state index contributed by atoms with van der Waals surface area (Å²) < 4.78 is 40.3. The summed E-state index contributed by atoms with van der Waals surface area (Å²) in [5, 5.41) is 3.97. The summed E-state index contributed by atoms with van der Waals surface area (Å²) in [6.07, 6.45) is -1.39. The second-order valence-electron chi connectivity index (χ2n) is 5.87. The van der Waals surface area contributed by atoms with E-state index in [0.29, 0.717) is 31.7 Å². The molecular formula is C15H17F3N6O. The largest absolute Gasteiger partial charge is 0.433 e. The quantitative estimate of drug-likeness (QED) is 0.818. The molecule has 0 aromatic carbocycles. The molecule has 0 saturated carbocycles. The molecule has 2 aromatic rings. The van der Waals surface area contributed by atoms with Gasteiger partial charge in [-0.3, -0.25) is 9.48 Å². The maximum atomic E-state index is 12.9. The Labute approximate surface area is 142 Å². The third kappa shape index (κ3) is 3.72. The molecule has 10 heteroatoms. The number of carbonyl (C=O) groups excluding carboxylic acids is 1. The normalized spacial score (nSPS) is 15.6. The lowest BCUT2D eigenvalue weighted by Gasteiger charge is -2.34. The number of alkyl halides is 3. The number of hydrogen-bond acceptors (Lipinski definition) is 5. The standard InChI is InChI=1S/C15H17F3N6O/c1-10-7-12(15(16,17)18)21-14(20-10)24-5-3-23(4-6-24)13(25)11-8-19-22(2)9-11/h7-9H,3-6H2,1-2H3. The van der Waals surface area contributed by atoms with Gasteiger partial charge in [-0.1, -0.05) is 0 Å². The summed E-state index contributed by atoms with van der Waals surface area (Å²) >= 11 is 0. The molecule has 0 bridgehead atoms. The zero-order chi connectivity index (χ0) is 18.2. The molecule has 0 aliphatic carbocycles. The van der Waals surface area contributed by atoms with Gasteiger partial charge in [0.2, 0.25) is 5.95 Å². The average molecular weight is 354 g/mol. The minimum atomic E-state index is -4.51. The van der Waals surface area contributed by atoms with Crippen molar-refractivity contribution >= 4 is 11.9 Å². The first kappa shape index (κ1) is 17.2. The Morgan fingerprint density at radius 3 is 2.40 bits per heavy atom. The monoisotopic (exact) mass is 354 g/mol. The number of anilines is 1. The van der Waals surface area contributed by atoms with Crippen LogP contribution in [0.5, 0.6) is 0 Å². The Balaban J connectivity index is 1.70. The summed E-state index contributed by atoms with van der Waals surface area (Å²) in [5.74, 6) is -0.102. The van der Waals surface area contributed by atoms with Gasteiger partial charge in [0.05, 0.1) is 11.8 Å². The molecule has 1 fully saturated rings. The zero-order valence-electron chi connectivity index (χ0n) is 13.8. The Morgan fingerprint density at radius 1 is 1.16 bits per heavy atom. The van der Waals surface area contributed by atoms with E-state index in [0.717, 1.165) is 6.07 Å². The fourth-order valence-corrected chi connectivity index (χ4v) is 2.66. The van der Waals surface area contributed by atoms with Gasteiger partial charge in [-0.25, -0.2) is 9.97 Å². The predicted octanol–water partition coefficient (Wildman–Crippen LogP) is 1.50. The smallest absolute Gasteiger partial charge is 0.337 e. The highest BCUT2D eigenvalue weighted by molar-refractivity contribution is 5.93. The predicted molar refractivity (Wildman–Crippen MR) is 83.1 cm³/mol. The van der Waals surface area contributed by atoms with Crippen molar-refractivity contribution in [3.8, 4) is 0 Å². The van der Waals surface area contributed by atoms with Gasteiger partial charge >= 0.3 is 6.18 Å². The van der Waals surface area contributed by atoms with E-state index in [1.807, 2.05) is 0 Å². The van der Waals surface area contributed by atoms with E-state index in [1.165, 1.54) is 13.1 Å². The van der Waals surface area contributed by atoms with Crippen LogP contribution in [0.25, 0.3) is 0 Å². The van der Waals surface area contributed by atoms with Gasteiger partial charge < -0.3 is 9.80 Å². The summed E-state index contributed by atoms with van der Waals surface area (Å²) in [6.45, 7) is 3.00. The maximum absolute atomic E-state index is 12.9. The van der Waals surface area contributed by atoms with Crippen molar-refractivity contribution in [2.75, 3.05) is 31.1 Å². The molecule has 2 aromatic heterocycles. The molecule has 0 radical (unpaired) electrons. The van der Waals surface area contributed by atoms with E-state index in [2.05, 4.69) is 15.1 Å². The van der Waals surface area contributed by atoms with Crippen LogP contribution in [0.2, 0.25) is 0 Å². The van der Waals surface area contributed by atoms with Gasteiger partial charge in [-0.05, 0) is 13.0 Å². The number of nitrogens with zero attached hydrogens (tertiary/aromatic N) is 6. The SMILES string of the molecule is Cc1cc(C(F)(F)F)nc(N2CCN(C(=O)c3cnn(C)c3)CC2)n1. The highest BCUT2D eigenvalue weighted by Gasteiger charge is 2.34. The van der Waals surface area contributed by atoms with E-state index in [1.54, 1.807) is 27.7 Å². The summed E-state index contributed by atoms with van der Waals surface area (Å²) in [7, 11) is 1.72. The third-order valence-corrected chi connectivity index (χ3v) is 3.93. The maximum Gasteiger partial charge on any atom is 0.433 e. The number of aromatic nitrogens is 4. The van der Waals surface area contributed by atoms with E-state index < -0.39 is 11.9 Å². The lowest BCUT2D eigenvalue weighted by atomic mass is 10.2. The Morgan fingerprint density at radius 2 is 1.84 bits per heavy atom. The molecule has 0 unspecified atom stereocenters. The number of aryl methyl sites for hydroxylation is 2. The van der Waals surface area contributed by atoms with E-state index in [4.69, 9.17) is 0 Å². The van der Waals surface area contributed by atoms with Crippen molar-refractivity contribution in [3.05, 3.63) is 35.4 Å². The van der Waals surface area contributed by atoms with Crippen molar-refractivity contribution in [1.82, 2.24) is 24.6 Å². The van der Waals surface area contributed by atoms with E-state index >= 15 is 0 Å². The molecular weight excluding hydrogens is 337 g/mol. The first-order valence-electron chi connectivity index (χ1n) is 7.70. The molecule has 25 heavy (non-hydrogen) atoms. The lowest BCUT2D eigenvalue weighted by Crippen LogP contribution is -2.49. The molecule has 3 heterocycles. The topological polar surface area (TPSA) is 67.2 Å². The van der Waals surface area contributed by atoms with Crippen LogP contribution in [0, 0.1) is 6.92 Å². The average Bonchev–Trinajstić information content (AvgIpc) is 2.99. The molecule has 1 amide bonds. The van der Waals surface area contributed by atoms with Crippen LogP contribution in [0.3, 0.4) is 0 Å². The van der Waals surface area contributed by atoms with Gasteiger partial charge in [0.25, 0.3) is 5.91 Å². The molecule has 0 atom stereocenters. The summed E-state index contributed by atoms with van der Waals surface area (Å²) in [6, 6.07) is 0.922. The second kappa shape index (κ2) is 6.34. The van der Waals surface area contributed by atoms with E-state index in [9.17, 15) is 18.0 Å². The molecule has 134 valence electrons. The van der Waals surface area contributed by atoms with Crippen LogP contribution in [0.15, 0.2) is 18.5 Å². The van der Waals surface area contributed by atoms with Crippen molar-refractivity contribution in [1.29, 1.82) is 0 Å². The zero-order valence-corrected chi connectivity index (χ0v) is 13.8. The minimum Gasteiger partial charge on any atom is -0.337 e. The van der Waals surface area contributed by atoms with Gasteiger partial charge in [0.15, 0.2) is 0 Å². The molecule has 0 N–H and O–H groups in total. The van der Waals surface area contributed by atoms with Crippen LogP contribution in [0.1, 0.15) is 21.7 Å². The molecule has 0 spiro atoms. The number of rotatable bonds is 2. The molecule has 1 aliphatic heterocycles. The Kier molecular flexibility index (Phi) is 4.36. The number of hydrogen-bond donors (Lipinski definition) is 0. The van der Waals surface area contributed by atoms with Crippen LogP contribution >= 0.6 is 0 Å². The fourth-order valence-electron chi connectivity index (χ4n) is 2.66. The summed E-state index contributed by atoms with van der Waals surface area (Å²) in [5.41, 5.74) is -0.211. The molecule has 7 nitrogen and oxygen atoms in total. The highest BCUT2D eigenvalue weighted by atomic mass is 19.4. The Bertz CT molecular complexity index is 780. The van der Waals surface area contributed by atoms with Crippen molar-refractivity contribution < 1.29 is 18.0 Å². The number of halogens is 3. The number of amides is 1.